The number of rotatable bonds is 7. The molecule has 1 saturated heterocycles. The quantitative estimate of drug-likeness (QED) is 0.442. The van der Waals surface area contributed by atoms with Gasteiger partial charge in [0.15, 0.2) is 0 Å². The smallest absolute Gasteiger partial charge is 0.307 e. The molecule has 1 atom stereocenters. The first kappa shape index (κ1) is 16.3. The average Bonchev–Trinajstić information content (AvgIpc) is 2.83. The van der Waals surface area contributed by atoms with Crippen molar-refractivity contribution in [2.24, 2.45) is 0 Å². The molecule has 0 N–H and O–H groups in total. The van der Waals surface area contributed by atoms with Crippen molar-refractivity contribution in [1.82, 2.24) is 4.90 Å². The first-order chi connectivity index (χ1) is 10.6. The molecule has 0 saturated carbocycles. The molecule has 118 valence electrons. The molecule has 1 aromatic rings. The number of aryl methyl sites for hydroxylation is 1. The van der Waals surface area contributed by atoms with E-state index < -0.39 is 0 Å². The molecule has 1 amide bonds. The number of likely N-dealkylation sites (tertiary alicyclic amines) is 1. The van der Waals surface area contributed by atoms with Crippen LogP contribution < -0.4 is 0 Å². The largest absolute Gasteiger partial charge is 0.465 e. The molecule has 1 aliphatic heterocycles. The van der Waals surface area contributed by atoms with Crippen LogP contribution in [0.2, 0.25) is 0 Å². The number of ether oxygens (including phenoxy) is 1. The Labute approximate surface area is 131 Å². The molecule has 4 nitrogen and oxygen atoms in total. The minimum Gasteiger partial charge on any atom is -0.465 e. The minimum absolute atomic E-state index is 0.0509. The van der Waals surface area contributed by atoms with E-state index in [1.54, 1.807) is 11.0 Å². The molecular weight excluding hydrogens is 278 g/mol. The summed E-state index contributed by atoms with van der Waals surface area (Å²) in [6.07, 6.45) is 3.88. The molecule has 1 aromatic carbocycles. The highest BCUT2D eigenvalue weighted by Crippen LogP contribution is 2.24. The Morgan fingerprint density at radius 3 is 2.82 bits per heavy atom. The van der Waals surface area contributed by atoms with E-state index in [4.69, 9.17) is 4.74 Å². The van der Waals surface area contributed by atoms with Crippen molar-refractivity contribution in [2.75, 3.05) is 6.61 Å². The maximum atomic E-state index is 12.1. The number of benzene rings is 1. The van der Waals surface area contributed by atoms with Gasteiger partial charge in [-0.05, 0) is 25.3 Å². The van der Waals surface area contributed by atoms with E-state index >= 15 is 0 Å². The van der Waals surface area contributed by atoms with Crippen LogP contribution in [0.15, 0.2) is 36.9 Å². The fourth-order valence-corrected chi connectivity index (χ4v) is 2.62. The summed E-state index contributed by atoms with van der Waals surface area (Å²) in [6, 6.07) is 8.08. The van der Waals surface area contributed by atoms with Crippen LogP contribution in [-0.4, -0.2) is 29.4 Å². The molecule has 0 spiro atoms. The Morgan fingerprint density at radius 1 is 1.41 bits per heavy atom. The average molecular weight is 301 g/mol. The van der Waals surface area contributed by atoms with E-state index in [-0.39, 0.29) is 24.3 Å². The Hall–Kier alpha value is -2.10. The molecule has 4 heteroatoms. The van der Waals surface area contributed by atoms with Gasteiger partial charge in [-0.15, -0.1) is 6.58 Å². The van der Waals surface area contributed by atoms with Crippen LogP contribution in [0.3, 0.4) is 0 Å². The van der Waals surface area contributed by atoms with Gasteiger partial charge in [0.05, 0.1) is 13.0 Å². The summed E-state index contributed by atoms with van der Waals surface area (Å²) in [4.78, 5) is 25.7. The summed E-state index contributed by atoms with van der Waals surface area (Å²) in [5, 5.41) is 0. The molecule has 2 rings (SSSR count). The van der Waals surface area contributed by atoms with E-state index in [9.17, 15) is 9.59 Å². The van der Waals surface area contributed by atoms with E-state index in [1.165, 1.54) is 5.56 Å². The Kier molecular flexibility index (Phi) is 5.75. The lowest BCUT2D eigenvalue weighted by atomic mass is 10.1. The van der Waals surface area contributed by atoms with Crippen LogP contribution in [-0.2, 0) is 20.9 Å². The second-order valence-corrected chi connectivity index (χ2v) is 5.70. The van der Waals surface area contributed by atoms with Gasteiger partial charge in [-0.2, -0.15) is 0 Å². The molecule has 1 fully saturated rings. The number of carbonyl (C=O) groups is 2. The zero-order valence-corrected chi connectivity index (χ0v) is 13.1. The molecule has 0 aliphatic carbocycles. The zero-order valence-electron chi connectivity index (χ0n) is 13.1. The number of amides is 1. The summed E-state index contributed by atoms with van der Waals surface area (Å²) in [6.45, 7) is 6.55. The fourth-order valence-electron chi connectivity index (χ4n) is 2.62. The summed E-state index contributed by atoms with van der Waals surface area (Å²) < 4.78 is 5.15. The summed E-state index contributed by atoms with van der Waals surface area (Å²) in [5.74, 6) is -0.125. The summed E-state index contributed by atoms with van der Waals surface area (Å²) in [5.41, 5.74) is 2.28. The molecular formula is C18H23NO3. The van der Waals surface area contributed by atoms with Crippen LogP contribution in [0.25, 0.3) is 0 Å². The number of hydrogen-bond donors (Lipinski definition) is 0. The third-order valence-corrected chi connectivity index (χ3v) is 3.91. The second-order valence-electron chi connectivity index (χ2n) is 5.70. The van der Waals surface area contributed by atoms with Crippen LogP contribution in [0, 0.1) is 6.92 Å². The number of hydrogen-bond acceptors (Lipinski definition) is 3. The van der Waals surface area contributed by atoms with Crippen molar-refractivity contribution >= 4 is 11.9 Å². The van der Waals surface area contributed by atoms with Gasteiger partial charge in [-0.25, -0.2) is 0 Å². The lowest BCUT2D eigenvalue weighted by Gasteiger charge is -2.24. The van der Waals surface area contributed by atoms with Crippen molar-refractivity contribution < 1.29 is 14.3 Å². The standard InChI is InChI=1S/C18H23NO3/c1-3-4-11-22-18(21)12-16-9-10-17(20)19(16)13-15-7-5-14(2)6-8-15/h3,5-8,16H,1,4,9-13H2,2H3. The molecule has 0 radical (unpaired) electrons. The predicted octanol–water partition coefficient (Wildman–Crippen LogP) is 3.00. The molecule has 0 bridgehead atoms. The summed E-state index contributed by atoms with van der Waals surface area (Å²) >= 11 is 0. The number of esters is 1. The van der Waals surface area contributed by atoms with Gasteiger partial charge in [-0.1, -0.05) is 35.9 Å². The Balaban J connectivity index is 1.92. The highest BCUT2D eigenvalue weighted by Gasteiger charge is 2.32. The van der Waals surface area contributed by atoms with E-state index in [0.717, 1.165) is 12.0 Å². The third-order valence-electron chi connectivity index (χ3n) is 3.91. The van der Waals surface area contributed by atoms with Crippen LogP contribution in [0.1, 0.15) is 36.8 Å². The van der Waals surface area contributed by atoms with Gasteiger partial charge in [0.2, 0.25) is 5.91 Å². The van der Waals surface area contributed by atoms with E-state index in [1.807, 2.05) is 31.2 Å². The lowest BCUT2D eigenvalue weighted by Crippen LogP contribution is -2.34. The lowest BCUT2D eigenvalue weighted by molar-refractivity contribution is -0.145. The number of carbonyl (C=O) groups excluding carboxylic acids is 2. The topological polar surface area (TPSA) is 46.6 Å². The third kappa shape index (κ3) is 4.45. The Bertz CT molecular complexity index is 536. The van der Waals surface area contributed by atoms with Gasteiger partial charge in [-0.3, -0.25) is 9.59 Å². The fraction of sp³-hybridized carbons (Fsp3) is 0.444. The van der Waals surface area contributed by atoms with Crippen LogP contribution >= 0.6 is 0 Å². The van der Waals surface area contributed by atoms with Gasteiger partial charge < -0.3 is 9.64 Å². The van der Waals surface area contributed by atoms with E-state index in [2.05, 4.69) is 6.58 Å². The monoisotopic (exact) mass is 301 g/mol. The molecule has 0 aromatic heterocycles. The van der Waals surface area contributed by atoms with Gasteiger partial charge in [0, 0.05) is 19.0 Å². The second kappa shape index (κ2) is 7.78. The molecule has 1 heterocycles. The SMILES string of the molecule is C=CCCOC(=O)CC1CCC(=O)N1Cc1ccc(C)cc1. The maximum absolute atomic E-state index is 12.1. The van der Waals surface area contributed by atoms with Gasteiger partial charge >= 0.3 is 5.97 Å². The van der Waals surface area contributed by atoms with Crippen LogP contribution in [0.5, 0.6) is 0 Å². The number of nitrogens with zero attached hydrogens (tertiary/aromatic N) is 1. The molecule has 1 unspecified atom stereocenters. The van der Waals surface area contributed by atoms with Crippen molar-refractivity contribution in [3.8, 4) is 0 Å². The highest BCUT2D eigenvalue weighted by atomic mass is 16.5. The zero-order chi connectivity index (χ0) is 15.9. The maximum Gasteiger partial charge on any atom is 0.307 e. The molecule has 22 heavy (non-hydrogen) atoms. The van der Waals surface area contributed by atoms with Crippen molar-refractivity contribution in [3.05, 3.63) is 48.0 Å². The normalized spacial score (nSPS) is 17.6. The minimum atomic E-state index is -0.240. The summed E-state index contributed by atoms with van der Waals surface area (Å²) in [7, 11) is 0. The first-order valence-electron chi connectivity index (χ1n) is 7.71. The Morgan fingerprint density at radius 2 is 2.14 bits per heavy atom. The van der Waals surface area contributed by atoms with E-state index in [0.29, 0.717) is 26.0 Å². The predicted molar refractivity (Wildman–Crippen MR) is 85.1 cm³/mol. The van der Waals surface area contributed by atoms with Gasteiger partial charge in [0.25, 0.3) is 0 Å². The highest BCUT2D eigenvalue weighted by molar-refractivity contribution is 5.80. The van der Waals surface area contributed by atoms with Crippen molar-refractivity contribution in [2.45, 2.75) is 45.2 Å². The van der Waals surface area contributed by atoms with Crippen molar-refractivity contribution in [3.63, 3.8) is 0 Å². The first-order valence-corrected chi connectivity index (χ1v) is 7.71. The van der Waals surface area contributed by atoms with Crippen molar-refractivity contribution in [1.29, 1.82) is 0 Å². The van der Waals surface area contributed by atoms with Gasteiger partial charge in [0.1, 0.15) is 0 Å². The van der Waals surface area contributed by atoms with Crippen LogP contribution in [0.4, 0.5) is 0 Å². The molecule has 1 aliphatic rings.